The lowest BCUT2D eigenvalue weighted by molar-refractivity contribution is 1.33. The highest BCUT2D eigenvalue weighted by atomic mass is 14.7. The van der Waals surface area contributed by atoms with Crippen LogP contribution in [-0.4, -0.2) is 4.98 Å². The lowest BCUT2D eigenvalue weighted by Crippen LogP contribution is -1.83. The van der Waals surface area contributed by atoms with Crippen molar-refractivity contribution in [2.75, 3.05) is 0 Å². The van der Waals surface area contributed by atoms with Crippen molar-refractivity contribution >= 4 is 10.9 Å². The third kappa shape index (κ3) is 1.74. The maximum atomic E-state index is 3.46. The largest absolute Gasteiger partial charge is 0.355 e. The van der Waals surface area contributed by atoms with Crippen molar-refractivity contribution in [3.05, 3.63) is 59.7 Å². The number of nitrogens with one attached hydrogen (secondary N) is 1. The topological polar surface area (TPSA) is 15.8 Å². The van der Waals surface area contributed by atoms with Gasteiger partial charge in [-0.05, 0) is 48.7 Å². The Balaban J connectivity index is 2.17. The van der Waals surface area contributed by atoms with E-state index in [2.05, 4.69) is 67.4 Å². The number of fused-ring (bicyclic) bond motifs is 1. The first kappa shape index (κ1) is 10.2. The molecule has 1 nitrogen and oxygen atoms in total. The average Bonchev–Trinajstić information content (AvgIpc) is 2.76. The molecule has 0 unspecified atom stereocenters. The summed E-state index contributed by atoms with van der Waals surface area (Å²) in [6.07, 6.45) is 0. The summed E-state index contributed by atoms with van der Waals surface area (Å²) in [4.78, 5) is 3.46. The van der Waals surface area contributed by atoms with E-state index in [1.165, 1.54) is 33.3 Å². The van der Waals surface area contributed by atoms with Crippen LogP contribution >= 0.6 is 0 Å². The van der Waals surface area contributed by atoms with E-state index in [9.17, 15) is 0 Å². The van der Waals surface area contributed by atoms with Gasteiger partial charge in [-0.1, -0.05) is 30.3 Å². The molecule has 17 heavy (non-hydrogen) atoms. The van der Waals surface area contributed by atoms with E-state index in [4.69, 9.17) is 0 Å². The van der Waals surface area contributed by atoms with Gasteiger partial charge in [0.15, 0.2) is 0 Å². The molecule has 0 aliphatic rings. The first-order chi connectivity index (χ1) is 8.24. The molecule has 1 heteroatoms. The number of aryl methyl sites for hydroxylation is 2. The summed E-state index contributed by atoms with van der Waals surface area (Å²) >= 11 is 0. The molecule has 3 rings (SSSR count). The van der Waals surface area contributed by atoms with Crippen molar-refractivity contribution in [2.24, 2.45) is 0 Å². The molecule has 2 aromatic carbocycles. The van der Waals surface area contributed by atoms with Gasteiger partial charge in [-0.25, -0.2) is 0 Å². The van der Waals surface area contributed by atoms with Crippen LogP contribution in [0.3, 0.4) is 0 Å². The monoisotopic (exact) mass is 221 g/mol. The summed E-state index contributed by atoms with van der Waals surface area (Å²) in [6, 6.07) is 17.2. The van der Waals surface area contributed by atoms with Crippen LogP contribution in [0.15, 0.2) is 48.5 Å². The van der Waals surface area contributed by atoms with Crippen LogP contribution in [0.1, 0.15) is 11.1 Å². The summed E-state index contributed by atoms with van der Waals surface area (Å²) in [5.41, 5.74) is 6.31. The predicted molar refractivity (Wildman–Crippen MR) is 73.2 cm³/mol. The number of hydrogen-bond donors (Lipinski definition) is 1. The lowest BCUT2D eigenvalue weighted by atomic mass is 10.0. The fraction of sp³-hybridized carbons (Fsp3) is 0.125. The highest BCUT2D eigenvalue weighted by molar-refractivity contribution is 5.85. The van der Waals surface area contributed by atoms with E-state index >= 15 is 0 Å². The van der Waals surface area contributed by atoms with Gasteiger partial charge in [0.1, 0.15) is 0 Å². The Morgan fingerprint density at radius 3 is 2.41 bits per heavy atom. The molecule has 0 radical (unpaired) electrons. The highest BCUT2D eigenvalue weighted by Crippen LogP contribution is 2.25. The van der Waals surface area contributed by atoms with Crippen molar-refractivity contribution in [1.29, 1.82) is 0 Å². The average molecular weight is 221 g/mol. The second-order valence-corrected chi connectivity index (χ2v) is 4.57. The Kier molecular flexibility index (Phi) is 2.25. The van der Waals surface area contributed by atoms with Gasteiger partial charge in [-0.3, -0.25) is 0 Å². The summed E-state index contributed by atoms with van der Waals surface area (Å²) in [5.74, 6) is 0. The molecular weight excluding hydrogens is 206 g/mol. The molecule has 0 aliphatic carbocycles. The third-order valence-electron chi connectivity index (χ3n) is 3.35. The van der Waals surface area contributed by atoms with Crippen LogP contribution in [0.5, 0.6) is 0 Å². The van der Waals surface area contributed by atoms with Gasteiger partial charge in [-0.2, -0.15) is 0 Å². The molecule has 3 aromatic rings. The van der Waals surface area contributed by atoms with Gasteiger partial charge in [-0.15, -0.1) is 0 Å². The molecule has 0 saturated heterocycles. The van der Waals surface area contributed by atoms with Gasteiger partial charge in [0, 0.05) is 16.6 Å². The quantitative estimate of drug-likeness (QED) is 0.624. The standard InChI is InChI=1S/C16H15N/c1-11-7-8-14(9-12(11)2)16-10-13-5-3-4-6-15(13)17-16/h3-10,17H,1-2H3. The number of hydrogen-bond acceptors (Lipinski definition) is 0. The highest BCUT2D eigenvalue weighted by Gasteiger charge is 2.03. The van der Waals surface area contributed by atoms with Crippen LogP contribution in [0.25, 0.3) is 22.2 Å². The van der Waals surface area contributed by atoms with Crippen LogP contribution in [-0.2, 0) is 0 Å². The van der Waals surface area contributed by atoms with Crippen molar-refractivity contribution in [3.8, 4) is 11.3 Å². The van der Waals surface area contributed by atoms with Gasteiger partial charge >= 0.3 is 0 Å². The number of aromatic amines is 1. The number of aromatic nitrogens is 1. The summed E-state index contributed by atoms with van der Waals surface area (Å²) < 4.78 is 0. The molecule has 0 bridgehead atoms. The molecule has 1 N–H and O–H groups in total. The van der Waals surface area contributed by atoms with Gasteiger partial charge < -0.3 is 4.98 Å². The molecule has 1 aromatic heterocycles. The minimum atomic E-state index is 1.19. The number of benzene rings is 2. The smallest absolute Gasteiger partial charge is 0.0464 e. The van der Waals surface area contributed by atoms with Gasteiger partial charge in [0.05, 0.1) is 0 Å². The Hall–Kier alpha value is -2.02. The Morgan fingerprint density at radius 2 is 1.65 bits per heavy atom. The molecule has 0 amide bonds. The molecule has 0 fully saturated rings. The fourth-order valence-corrected chi connectivity index (χ4v) is 2.14. The Labute approximate surface area is 101 Å². The number of rotatable bonds is 1. The molecule has 0 spiro atoms. The molecular formula is C16H15N. The van der Waals surface area contributed by atoms with Crippen LogP contribution in [0, 0.1) is 13.8 Å². The maximum Gasteiger partial charge on any atom is 0.0464 e. The van der Waals surface area contributed by atoms with Crippen molar-refractivity contribution in [1.82, 2.24) is 4.98 Å². The zero-order valence-corrected chi connectivity index (χ0v) is 10.1. The normalized spacial score (nSPS) is 10.9. The second-order valence-electron chi connectivity index (χ2n) is 4.57. The Morgan fingerprint density at radius 1 is 0.824 bits per heavy atom. The second kappa shape index (κ2) is 3.77. The van der Waals surface area contributed by atoms with E-state index in [1.54, 1.807) is 0 Å². The number of para-hydroxylation sites is 1. The maximum absolute atomic E-state index is 3.46. The van der Waals surface area contributed by atoms with Crippen molar-refractivity contribution in [2.45, 2.75) is 13.8 Å². The fourth-order valence-electron chi connectivity index (χ4n) is 2.14. The van der Waals surface area contributed by atoms with Crippen molar-refractivity contribution < 1.29 is 0 Å². The minimum Gasteiger partial charge on any atom is -0.355 e. The zero-order chi connectivity index (χ0) is 11.8. The van der Waals surface area contributed by atoms with Crippen LogP contribution in [0.2, 0.25) is 0 Å². The molecule has 0 aliphatic heterocycles. The minimum absolute atomic E-state index is 1.19. The lowest BCUT2D eigenvalue weighted by Gasteiger charge is -2.03. The first-order valence-electron chi connectivity index (χ1n) is 5.89. The van der Waals surface area contributed by atoms with Crippen LogP contribution < -0.4 is 0 Å². The van der Waals surface area contributed by atoms with Gasteiger partial charge in [0.2, 0.25) is 0 Å². The summed E-state index contributed by atoms with van der Waals surface area (Å²) in [7, 11) is 0. The summed E-state index contributed by atoms with van der Waals surface area (Å²) in [6.45, 7) is 4.30. The molecule has 1 heterocycles. The molecule has 0 saturated carbocycles. The number of H-pyrrole nitrogens is 1. The SMILES string of the molecule is Cc1ccc(-c2cc3ccccc3[nH]2)cc1C. The van der Waals surface area contributed by atoms with E-state index in [-0.39, 0.29) is 0 Å². The zero-order valence-electron chi connectivity index (χ0n) is 10.1. The first-order valence-corrected chi connectivity index (χ1v) is 5.89. The van der Waals surface area contributed by atoms with Gasteiger partial charge in [0.25, 0.3) is 0 Å². The molecule has 0 atom stereocenters. The summed E-state index contributed by atoms with van der Waals surface area (Å²) in [5, 5.41) is 1.26. The van der Waals surface area contributed by atoms with E-state index < -0.39 is 0 Å². The van der Waals surface area contributed by atoms with Crippen molar-refractivity contribution in [3.63, 3.8) is 0 Å². The predicted octanol–water partition coefficient (Wildman–Crippen LogP) is 4.45. The van der Waals surface area contributed by atoms with E-state index in [1.807, 2.05) is 0 Å². The van der Waals surface area contributed by atoms with Crippen LogP contribution in [0.4, 0.5) is 0 Å². The molecule has 84 valence electrons. The Bertz CT molecular complexity index is 644. The third-order valence-corrected chi connectivity index (χ3v) is 3.35. The van der Waals surface area contributed by atoms with E-state index in [0.717, 1.165) is 0 Å². The van der Waals surface area contributed by atoms with E-state index in [0.29, 0.717) is 0 Å².